The number of halogens is 1. The fourth-order valence-corrected chi connectivity index (χ4v) is 2.82. The fourth-order valence-electron chi connectivity index (χ4n) is 1.74. The molecule has 0 unspecified atom stereocenters. The lowest BCUT2D eigenvalue weighted by molar-refractivity contribution is -0.121. The number of methoxy groups -OCH3 is 1. The van der Waals surface area contributed by atoms with E-state index in [1.807, 2.05) is 0 Å². The molecule has 23 heavy (non-hydrogen) atoms. The maximum Gasteiger partial charge on any atom is 0.240 e. The van der Waals surface area contributed by atoms with Crippen LogP contribution < -0.4 is 15.8 Å². The van der Waals surface area contributed by atoms with Crippen LogP contribution in [-0.4, -0.2) is 41.1 Å². The van der Waals surface area contributed by atoms with Gasteiger partial charge in [0, 0.05) is 26.6 Å². The number of ether oxygens (including phenoxy) is 1. The van der Waals surface area contributed by atoms with Crippen LogP contribution in [0.25, 0.3) is 0 Å². The van der Waals surface area contributed by atoms with E-state index in [0.717, 1.165) is 5.56 Å². The summed E-state index contributed by atoms with van der Waals surface area (Å²) in [5.41, 5.74) is 6.06. The van der Waals surface area contributed by atoms with Gasteiger partial charge in [-0.15, -0.1) is 12.4 Å². The molecule has 0 saturated carbocycles. The van der Waals surface area contributed by atoms with E-state index in [0.29, 0.717) is 26.0 Å². The summed E-state index contributed by atoms with van der Waals surface area (Å²) in [7, 11) is -2.06. The monoisotopic (exact) mass is 365 g/mol. The lowest BCUT2D eigenvalue weighted by Crippen LogP contribution is -2.27. The summed E-state index contributed by atoms with van der Waals surface area (Å²) in [6, 6.07) is 6.46. The molecule has 0 spiro atoms. The van der Waals surface area contributed by atoms with Crippen LogP contribution in [0.2, 0.25) is 0 Å². The van der Waals surface area contributed by atoms with Crippen molar-refractivity contribution in [3.05, 3.63) is 29.8 Å². The highest BCUT2D eigenvalue weighted by Gasteiger charge is 2.13. The predicted octanol–water partition coefficient (Wildman–Crippen LogP) is 0.388. The van der Waals surface area contributed by atoms with Crippen molar-refractivity contribution in [2.45, 2.75) is 24.3 Å². The van der Waals surface area contributed by atoms with Crippen molar-refractivity contribution in [2.75, 3.05) is 26.8 Å². The Bertz CT molecular complexity index is 581. The summed E-state index contributed by atoms with van der Waals surface area (Å²) in [6.45, 7) is 1.26. The zero-order chi connectivity index (χ0) is 16.4. The Kier molecular flexibility index (Phi) is 10.8. The van der Waals surface area contributed by atoms with E-state index in [9.17, 15) is 13.2 Å². The normalized spacial score (nSPS) is 10.9. The van der Waals surface area contributed by atoms with Gasteiger partial charge in [-0.1, -0.05) is 12.1 Å². The van der Waals surface area contributed by atoms with Crippen LogP contribution >= 0.6 is 12.4 Å². The highest BCUT2D eigenvalue weighted by Crippen LogP contribution is 2.11. The molecule has 132 valence electrons. The van der Waals surface area contributed by atoms with Gasteiger partial charge in [-0.25, -0.2) is 13.1 Å². The minimum Gasteiger partial charge on any atom is -0.383 e. The van der Waals surface area contributed by atoms with Gasteiger partial charge in [0.15, 0.2) is 0 Å². The van der Waals surface area contributed by atoms with Crippen LogP contribution in [0.3, 0.4) is 0 Å². The number of nitrogens with one attached hydrogen (secondary N) is 2. The Morgan fingerprint density at radius 1 is 1.35 bits per heavy atom. The van der Waals surface area contributed by atoms with Crippen LogP contribution in [-0.2, 0) is 26.1 Å². The molecule has 7 nitrogen and oxygen atoms in total. The van der Waals surface area contributed by atoms with E-state index in [2.05, 4.69) is 10.0 Å². The number of carbonyl (C=O) groups is 1. The van der Waals surface area contributed by atoms with E-state index < -0.39 is 10.0 Å². The Balaban J connectivity index is 0.00000484. The number of rotatable bonds is 10. The molecule has 1 amide bonds. The van der Waals surface area contributed by atoms with Gasteiger partial charge in [-0.05, 0) is 30.7 Å². The number of benzene rings is 1. The van der Waals surface area contributed by atoms with E-state index in [1.165, 1.54) is 13.2 Å². The first-order valence-corrected chi connectivity index (χ1v) is 8.52. The third kappa shape index (κ3) is 8.29. The molecule has 1 aromatic rings. The molecule has 0 saturated heterocycles. The van der Waals surface area contributed by atoms with Gasteiger partial charge in [0.2, 0.25) is 15.9 Å². The molecule has 9 heteroatoms. The van der Waals surface area contributed by atoms with Gasteiger partial charge in [-0.2, -0.15) is 0 Å². The van der Waals surface area contributed by atoms with Crippen molar-refractivity contribution in [2.24, 2.45) is 5.73 Å². The number of sulfonamides is 1. The van der Waals surface area contributed by atoms with Crippen LogP contribution in [0.1, 0.15) is 18.4 Å². The minimum atomic E-state index is -3.57. The Hall–Kier alpha value is -1.19. The fraction of sp³-hybridized carbons (Fsp3) is 0.500. The first-order chi connectivity index (χ1) is 10.5. The standard InChI is InChI=1S/C14H23N3O4S.ClH/c1-21-9-8-17-22(19,20)13-5-2-4-12(10-13)11-16-14(18)6-3-7-15;/h2,4-5,10,17H,3,6-9,11,15H2,1H3,(H,16,18);1H. The number of hydrogen-bond donors (Lipinski definition) is 3. The summed E-state index contributed by atoms with van der Waals surface area (Å²) >= 11 is 0. The molecule has 0 radical (unpaired) electrons. The molecule has 1 rings (SSSR count). The van der Waals surface area contributed by atoms with Gasteiger partial charge in [-0.3, -0.25) is 4.79 Å². The Morgan fingerprint density at radius 2 is 2.09 bits per heavy atom. The molecule has 0 bridgehead atoms. The number of hydrogen-bond acceptors (Lipinski definition) is 5. The van der Waals surface area contributed by atoms with Gasteiger partial charge in [0.25, 0.3) is 0 Å². The highest BCUT2D eigenvalue weighted by molar-refractivity contribution is 7.89. The largest absolute Gasteiger partial charge is 0.383 e. The summed E-state index contributed by atoms with van der Waals surface area (Å²) in [4.78, 5) is 11.7. The Morgan fingerprint density at radius 3 is 2.74 bits per heavy atom. The van der Waals surface area contributed by atoms with Crippen molar-refractivity contribution < 1.29 is 17.9 Å². The van der Waals surface area contributed by atoms with Gasteiger partial charge >= 0.3 is 0 Å². The van der Waals surface area contributed by atoms with Crippen LogP contribution in [0.5, 0.6) is 0 Å². The van der Waals surface area contributed by atoms with E-state index in [-0.39, 0.29) is 36.3 Å². The predicted molar refractivity (Wildman–Crippen MR) is 90.9 cm³/mol. The molecule has 0 aliphatic heterocycles. The van der Waals surface area contributed by atoms with Crippen molar-refractivity contribution in [3.63, 3.8) is 0 Å². The van der Waals surface area contributed by atoms with E-state index in [1.54, 1.807) is 18.2 Å². The summed E-state index contributed by atoms with van der Waals surface area (Å²) in [5.74, 6) is -0.100. The van der Waals surface area contributed by atoms with Gasteiger partial charge in [0.1, 0.15) is 0 Å². The number of amides is 1. The van der Waals surface area contributed by atoms with E-state index in [4.69, 9.17) is 10.5 Å². The third-order valence-corrected chi connectivity index (χ3v) is 4.36. The van der Waals surface area contributed by atoms with Crippen LogP contribution in [0.4, 0.5) is 0 Å². The molecule has 0 aromatic heterocycles. The first-order valence-electron chi connectivity index (χ1n) is 7.04. The smallest absolute Gasteiger partial charge is 0.240 e. The summed E-state index contributed by atoms with van der Waals surface area (Å²) < 4.78 is 31.4. The first kappa shape index (κ1) is 21.8. The molecule has 1 aromatic carbocycles. The van der Waals surface area contributed by atoms with Gasteiger partial charge in [0.05, 0.1) is 11.5 Å². The van der Waals surface area contributed by atoms with Crippen molar-refractivity contribution >= 4 is 28.3 Å². The molecule has 0 aliphatic carbocycles. The second kappa shape index (κ2) is 11.4. The van der Waals surface area contributed by atoms with Crippen molar-refractivity contribution in [1.82, 2.24) is 10.0 Å². The number of nitrogens with two attached hydrogens (primary N) is 1. The zero-order valence-electron chi connectivity index (χ0n) is 13.1. The van der Waals surface area contributed by atoms with Crippen LogP contribution in [0, 0.1) is 0 Å². The second-order valence-corrected chi connectivity index (χ2v) is 6.47. The topological polar surface area (TPSA) is 111 Å². The molecule has 0 heterocycles. The number of carbonyl (C=O) groups excluding carboxylic acids is 1. The maximum absolute atomic E-state index is 12.1. The van der Waals surface area contributed by atoms with Gasteiger partial charge < -0.3 is 15.8 Å². The quantitative estimate of drug-likeness (QED) is 0.519. The van der Waals surface area contributed by atoms with Crippen molar-refractivity contribution in [1.29, 1.82) is 0 Å². The molecular formula is C14H24ClN3O4S. The highest BCUT2D eigenvalue weighted by atomic mass is 35.5. The second-order valence-electron chi connectivity index (χ2n) is 4.71. The maximum atomic E-state index is 12.1. The average molecular weight is 366 g/mol. The summed E-state index contributed by atoms with van der Waals surface area (Å²) in [6.07, 6.45) is 0.997. The van der Waals surface area contributed by atoms with Crippen LogP contribution in [0.15, 0.2) is 29.2 Å². The third-order valence-electron chi connectivity index (χ3n) is 2.90. The zero-order valence-corrected chi connectivity index (χ0v) is 14.7. The molecule has 0 aliphatic rings. The van der Waals surface area contributed by atoms with E-state index >= 15 is 0 Å². The molecule has 0 fully saturated rings. The average Bonchev–Trinajstić information content (AvgIpc) is 2.51. The molecular weight excluding hydrogens is 342 g/mol. The molecule has 4 N–H and O–H groups in total. The minimum absolute atomic E-state index is 0. The lowest BCUT2D eigenvalue weighted by atomic mass is 10.2. The molecule has 0 atom stereocenters. The SMILES string of the molecule is COCCNS(=O)(=O)c1cccc(CNC(=O)CCCN)c1.Cl. The Labute approximate surface area is 143 Å². The van der Waals surface area contributed by atoms with Crippen molar-refractivity contribution in [3.8, 4) is 0 Å². The summed E-state index contributed by atoms with van der Waals surface area (Å²) in [5, 5.41) is 2.74. The lowest BCUT2D eigenvalue weighted by Gasteiger charge is -2.09.